The van der Waals surface area contributed by atoms with Crippen molar-refractivity contribution in [2.24, 2.45) is 11.8 Å². The number of aliphatic hydroxyl groups excluding tert-OH is 1. The van der Waals surface area contributed by atoms with Crippen LogP contribution < -0.4 is 0 Å². The normalized spacial score (nSPS) is 33.9. The van der Waals surface area contributed by atoms with Gasteiger partial charge in [-0.25, -0.2) is 0 Å². The summed E-state index contributed by atoms with van der Waals surface area (Å²) in [6.45, 7) is 6.74. The molecule has 0 saturated heterocycles. The molecule has 0 aliphatic heterocycles. The first-order chi connectivity index (χ1) is 8.03. The molecular weight excluding hydrogens is 208 g/mol. The van der Waals surface area contributed by atoms with E-state index in [4.69, 9.17) is 0 Å². The molecule has 1 aromatic rings. The van der Waals surface area contributed by atoms with Crippen LogP contribution in [0.4, 0.5) is 0 Å². The van der Waals surface area contributed by atoms with E-state index < -0.39 is 0 Å². The van der Waals surface area contributed by atoms with Gasteiger partial charge in [0.25, 0.3) is 0 Å². The van der Waals surface area contributed by atoms with Crippen LogP contribution in [0.1, 0.15) is 45.6 Å². The van der Waals surface area contributed by atoms with Crippen molar-refractivity contribution in [1.29, 1.82) is 0 Å². The van der Waals surface area contributed by atoms with Crippen molar-refractivity contribution in [2.75, 3.05) is 0 Å². The highest BCUT2D eigenvalue weighted by atomic mass is 16.3. The van der Waals surface area contributed by atoms with Crippen molar-refractivity contribution in [3.05, 3.63) is 35.9 Å². The Balaban J connectivity index is 2.15. The molecule has 0 spiro atoms. The van der Waals surface area contributed by atoms with Crippen molar-refractivity contribution in [3.63, 3.8) is 0 Å². The van der Waals surface area contributed by atoms with Gasteiger partial charge in [-0.15, -0.1) is 0 Å². The molecule has 17 heavy (non-hydrogen) atoms. The maximum absolute atomic E-state index is 10.3. The molecule has 0 heterocycles. The summed E-state index contributed by atoms with van der Waals surface area (Å²) < 4.78 is 0. The van der Waals surface area contributed by atoms with Crippen LogP contribution in [0.5, 0.6) is 0 Å². The highest BCUT2D eigenvalue weighted by molar-refractivity contribution is 5.25. The summed E-state index contributed by atoms with van der Waals surface area (Å²) >= 11 is 0. The highest BCUT2D eigenvalue weighted by Gasteiger charge is 2.38. The largest absolute Gasteiger partial charge is 0.393 e. The fourth-order valence-electron chi connectivity index (χ4n) is 3.27. The Morgan fingerprint density at radius 3 is 2.41 bits per heavy atom. The van der Waals surface area contributed by atoms with E-state index in [0.717, 1.165) is 12.8 Å². The Labute approximate surface area is 105 Å². The van der Waals surface area contributed by atoms with E-state index in [-0.39, 0.29) is 11.5 Å². The van der Waals surface area contributed by atoms with Crippen LogP contribution in [0, 0.1) is 11.8 Å². The number of hydrogen-bond donors (Lipinski definition) is 1. The molecule has 1 heteroatoms. The molecule has 0 radical (unpaired) electrons. The van der Waals surface area contributed by atoms with Crippen LogP contribution in [-0.2, 0) is 5.41 Å². The molecule has 3 atom stereocenters. The van der Waals surface area contributed by atoms with E-state index in [1.165, 1.54) is 12.0 Å². The number of hydrogen-bond acceptors (Lipinski definition) is 1. The maximum atomic E-state index is 10.3. The molecule has 1 aliphatic carbocycles. The summed E-state index contributed by atoms with van der Waals surface area (Å²) in [5.74, 6) is 1.07. The molecule has 0 amide bonds. The van der Waals surface area contributed by atoms with E-state index in [2.05, 4.69) is 51.1 Å². The molecule has 1 saturated carbocycles. The Hall–Kier alpha value is -0.820. The third-order valence-electron chi connectivity index (χ3n) is 4.51. The number of benzene rings is 1. The van der Waals surface area contributed by atoms with E-state index >= 15 is 0 Å². The van der Waals surface area contributed by atoms with Crippen LogP contribution >= 0.6 is 0 Å². The summed E-state index contributed by atoms with van der Waals surface area (Å²) in [6.07, 6.45) is 3.09. The first kappa shape index (κ1) is 12.6. The predicted octanol–water partition coefficient (Wildman–Crippen LogP) is 3.76. The first-order valence-corrected chi connectivity index (χ1v) is 6.76. The lowest BCUT2D eigenvalue weighted by Gasteiger charge is -2.42. The number of aliphatic hydroxyl groups is 1. The van der Waals surface area contributed by atoms with E-state index in [1.807, 2.05) is 0 Å². The van der Waals surface area contributed by atoms with Gasteiger partial charge in [-0.3, -0.25) is 0 Å². The average molecular weight is 232 g/mol. The average Bonchev–Trinajstić information content (AvgIpc) is 2.29. The molecule has 1 nitrogen and oxygen atoms in total. The van der Waals surface area contributed by atoms with Gasteiger partial charge in [-0.2, -0.15) is 0 Å². The first-order valence-electron chi connectivity index (χ1n) is 6.76. The van der Waals surface area contributed by atoms with Crippen LogP contribution in [0.2, 0.25) is 0 Å². The minimum absolute atomic E-state index is 0.144. The van der Waals surface area contributed by atoms with Crippen molar-refractivity contribution in [3.8, 4) is 0 Å². The van der Waals surface area contributed by atoms with Crippen molar-refractivity contribution < 1.29 is 5.11 Å². The summed E-state index contributed by atoms with van der Waals surface area (Å²) in [7, 11) is 0. The minimum atomic E-state index is -0.144. The zero-order chi connectivity index (χ0) is 12.5. The van der Waals surface area contributed by atoms with Crippen molar-refractivity contribution >= 4 is 0 Å². The van der Waals surface area contributed by atoms with E-state index in [1.54, 1.807) is 0 Å². The van der Waals surface area contributed by atoms with E-state index in [0.29, 0.717) is 11.8 Å². The number of rotatable bonds is 2. The zero-order valence-electron chi connectivity index (χ0n) is 11.2. The van der Waals surface area contributed by atoms with Gasteiger partial charge < -0.3 is 5.11 Å². The molecule has 2 rings (SSSR count). The zero-order valence-corrected chi connectivity index (χ0v) is 11.2. The van der Waals surface area contributed by atoms with Gasteiger partial charge in [0.1, 0.15) is 0 Å². The van der Waals surface area contributed by atoms with Gasteiger partial charge in [-0.05, 0) is 42.1 Å². The Morgan fingerprint density at radius 2 is 1.88 bits per heavy atom. The van der Waals surface area contributed by atoms with Gasteiger partial charge in [0, 0.05) is 0 Å². The Morgan fingerprint density at radius 1 is 1.24 bits per heavy atom. The molecule has 1 fully saturated rings. The standard InChI is InChI=1S/C16H24O/c1-12(2)14-9-10-16(3,11-15(14)17)13-7-5-4-6-8-13/h4-8,12,14-15,17H,9-11H2,1-3H3/t14-,15+,16+/m0/s1. The topological polar surface area (TPSA) is 20.2 Å². The fourth-order valence-corrected chi connectivity index (χ4v) is 3.27. The molecular formula is C16H24O. The Kier molecular flexibility index (Phi) is 3.58. The lowest BCUT2D eigenvalue weighted by atomic mass is 9.64. The minimum Gasteiger partial charge on any atom is -0.393 e. The highest BCUT2D eigenvalue weighted by Crippen LogP contribution is 2.43. The second-order valence-corrected chi connectivity index (χ2v) is 6.14. The lowest BCUT2D eigenvalue weighted by Crippen LogP contribution is -2.40. The summed E-state index contributed by atoms with van der Waals surface area (Å²) in [4.78, 5) is 0. The lowest BCUT2D eigenvalue weighted by molar-refractivity contribution is 0.0152. The van der Waals surface area contributed by atoms with Crippen molar-refractivity contribution in [1.82, 2.24) is 0 Å². The van der Waals surface area contributed by atoms with Gasteiger partial charge in [-0.1, -0.05) is 51.1 Å². The van der Waals surface area contributed by atoms with Crippen LogP contribution in [0.25, 0.3) is 0 Å². The van der Waals surface area contributed by atoms with Crippen LogP contribution in [0.15, 0.2) is 30.3 Å². The van der Waals surface area contributed by atoms with Gasteiger partial charge in [0.05, 0.1) is 6.10 Å². The predicted molar refractivity (Wildman–Crippen MR) is 72.0 cm³/mol. The van der Waals surface area contributed by atoms with Gasteiger partial charge >= 0.3 is 0 Å². The van der Waals surface area contributed by atoms with Crippen molar-refractivity contribution in [2.45, 2.75) is 51.6 Å². The fraction of sp³-hybridized carbons (Fsp3) is 0.625. The second kappa shape index (κ2) is 4.81. The quantitative estimate of drug-likeness (QED) is 0.823. The maximum Gasteiger partial charge on any atom is 0.0579 e. The molecule has 0 aromatic heterocycles. The monoisotopic (exact) mass is 232 g/mol. The molecule has 1 aromatic carbocycles. The van der Waals surface area contributed by atoms with Crippen LogP contribution in [-0.4, -0.2) is 11.2 Å². The SMILES string of the molecule is CC(C)[C@@H]1CC[C@@](C)(c2ccccc2)C[C@H]1O. The molecule has 0 unspecified atom stereocenters. The molecule has 1 N–H and O–H groups in total. The van der Waals surface area contributed by atoms with E-state index in [9.17, 15) is 5.11 Å². The van der Waals surface area contributed by atoms with Gasteiger partial charge in [0.2, 0.25) is 0 Å². The third kappa shape index (κ3) is 2.55. The summed E-state index contributed by atoms with van der Waals surface area (Å²) in [5, 5.41) is 10.3. The summed E-state index contributed by atoms with van der Waals surface area (Å²) in [5.41, 5.74) is 1.53. The van der Waals surface area contributed by atoms with Crippen LogP contribution in [0.3, 0.4) is 0 Å². The smallest absolute Gasteiger partial charge is 0.0579 e. The molecule has 1 aliphatic rings. The Bertz CT molecular complexity index is 357. The third-order valence-corrected chi connectivity index (χ3v) is 4.51. The second-order valence-electron chi connectivity index (χ2n) is 6.14. The van der Waals surface area contributed by atoms with Gasteiger partial charge in [0.15, 0.2) is 0 Å². The molecule has 0 bridgehead atoms. The molecule has 94 valence electrons. The summed E-state index contributed by atoms with van der Waals surface area (Å²) in [6, 6.07) is 10.6.